The molecule has 0 aromatic rings. The lowest BCUT2D eigenvalue weighted by Crippen LogP contribution is -2.16. The van der Waals surface area contributed by atoms with Crippen LogP contribution in [0.15, 0.2) is 0 Å². The van der Waals surface area contributed by atoms with Crippen LogP contribution in [-0.2, 0) is 14.3 Å². The summed E-state index contributed by atoms with van der Waals surface area (Å²) in [5, 5.41) is 0. The van der Waals surface area contributed by atoms with Crippen LogP contribution < -0.4 is 0 Å². The van der Waals surface area contributed by atoms with E-state index >= 15 is 0 Å². The van der Waals surface area contributed by atoms with Gasteiger partial charge in [-0.3, -0.25) is 9.59 Å². The van der Waals surface area contributed by atoms with Crippen LogP contribution in [0.2, 0.25) is 0 Å². The van der Waals surface area contributed by atoms with Crippen molar-refractivity contribution in [2.24, 2.45) is 0 Å². The Morgan fingerprint density at radius 3 is 2.22 bits per heavy atom. The number of ether oxygens (including phenoxy) is 1. The van der Waals surface area contributed by atoms with E-state index in [2.05, 4.69) is 6.92 Å². The normalized spacial score (nSPS) is 12.2. The second-order valence-electron chi connectivity index (χ2n) is 4.87. The molecule has 106 valence electrons. The number of ketones is 1. The molecule has 0 fully saturated rings. The van der Waals surface area contributed by atoms with Crippen LogP contribution in [0.25, 0.3) is 0 Å². The predicted octanol–water partition coefficient (Wildman–Crippen LogP) is 4.04. The number of rotatable bonds is 11. The van der Waals surface area contributed by atoms with Gasteiger partial charge in [0.25, 0.3) is 0 Å². The molecule has 0 aliphatic carbocycles. The molecule has 0 saturated carbocycles. The molecule has 0 spiro atoms. The molecular weight excluding hydrogens is 228 g/mol. The van der Waals surface area contributed by atoms with Crippen molar-refractivity contribution in [2.75, 3.05) is 0 Å². The maximum Gasteiger partial charge on any atom is 0.302 e. The topological polar surface area (TPSA) is 43.4 Å². The van der Waals surface area contributed by atoms with Crippen molar-refractivity contribution in [3.05, 3.63) is 0 Å². The number of unbranched alkanes of at least 4 members (excludes halogenated alkanes) is 3. The van der Waals surface area contributed by atoms with Gasteiger partial charge in [-0.2, -0.15) is 0 Å². The van der Waals surface area contributed by atoms with E-state index in [1.807, 2.05) is 6.92 Å². The molecule has 18 heavy (non-hydrogen) atoms. The van der Waals surface area contributed by atoms with E-state index in [0.717, 1.165) is 25.7 Å². The highest BCUT2D eigenvalue weighted by molar-refractivity contribution is 5.77. The standard InChI is InChI=1S/C15H28O3/c1-4-6-7-8-11-15(18-13(3)16)12-9-10-14(17)5-2/h15H,4-12H2,1-3H3/t15-/m0/s1. The molecule has 0 unspecified atom stereocenters. The molecule has 0 rings (SSSR count). The fourth-order valence-corrected chi connectivity index (χ4v) is 2.00. The Bertz CT molecular complexity index is 236. The first kappa shape index (κ1) is 17.1. The summed E-state index contributed by atoms with van der Waals surface area (Å²) in [6.45, 7) is 5.52. The Morgan fingerprint density at radius 2 is 1.67 bits per heavy atom. The maximum absolute atomic E-state index is 11.2. The number of carbonyl (C=O) groups excluding carboxylic acids is 2. The summed E-state index contributed by atoms with van der Waals surface area (Å²) in [7, 11) is 0. The Kier molecular flexibility index (Phi) is 10.7. The number of esters is 1. The van der Waals surface area contributed by atoms with E-state index < -0.39 is 0 Å². The Morgan fingerprint density at radius 1 is 1.00 bits per heavy atom. The molecule has 0 radical (unpaired) electrons. The lowest BCUT2D eigenvalue weighted by Gasteiger charge is -2.16. The van der Waals surface area contributed by atoms with E-state index in [1.54, 1.807) is 0 Å². The third-order valence-corrected chi connectivity index (χ3v) is 3.09. The Labute approximate surface area is 111 Å². The van der Waals surface area contributed by atoms with Crippen molar-refractivity contribution in [1.29, 1.82) is 0 Å². The monoisotopic (exact) mass is 256 g/mol. The third kappa shape index (κ3) is 10.3. The molecule has 0 aromatic carbocycles. The van der Waals surface area contributed by atoms with Crippen LogP contribution in [0.1, 0.15) is 78.6 Å². The summed E-state index contributed by atoms with van der Waals surface area (Å²) < 4.78 is 5.30. The quantitative estimate of drug-likeness (QED) is 0.414. The van der Waals surface area contributed by atoms with Gasteiger partial charge in [0.1, 0.15) is 11.9 Å². The molecule has 0 aliphatic rings. The molecule has 0 bridgehead atoms. The van der Waals surface area contributed by atoms with E-state index in [1.165, 1.54) is 26.2 Å². The fraction of sp³-hybridized carbons (Fsp3) is 0.867. The highest BCUT2D eigenvalue weighted by Gasteiger charge is 2.12. The predicted molar refractivity (Wildman–Crippen MR) is 73.5 cm³/mol. The zero-order valence-electron chi connectivity index (χ0n) is 12.2. The molecule has 0 amide bonds. The van der Waals surface area contributed by atoms with Gasteiger partial charge in [-0.15, -0.1) is 0 Å². The van der Waals surface area contributed by atoms with Crippen LogP contribution in [0.3, 0.4) is 0 Å². The second kappa shape index (κ2) is 11.2. The minimum Gasteiger partial charge on any atom is -0.463 e. The average molecular weight is 256 g/mol. The fourth-order valence-electron chi connectivity index (χ4n) is 2.00. The zero-order chi connectivity index (χ0) is 13.8. The van der Waals surface area contributed by atoms with Crippen LogP contribution in [0.4, 0.5) is 0 Å². The number of hydrogen-bond acceptors (Lipinski definition) is 3. The summed E-state index contributed by atoms with van der Waals surface area (Å²) in [5.74, 6) is 0.0832. The summed E-state index contributed by atoms with van der Waals surface area (Å²) in [5.41, 5.74) is 0. The average Bonchev–Trinajstić information content (AvgIpc) is 2.33. The molecule has 0 aliphatic heterocycles. The molecule has 0 heterocycles. The first-order chi connectivity index (χ1) is 8.60. The minimum absolute atomic E-state index is 0.00372. The van der Waals surface area contributed by atoms with Crippen LogP contribution >= 0.6 is 0 Å². The van der Waals surface area contributed by atoms with Crippen molar-refractivity contribution < 1.29 is 14.3 Å². The number of carbonyl (C=O) groups is 2. The van der Waals surface area contributed by atoms with E-state index in [0.29, 0.717) is 18.6 Å². The first-order valence-corrected chi connectivity index (χ1v) is 7.29. The summed E-state index contributed by atoms with van der Waals surface area (Å²) in [6, 6.07) is 0. The van der Waals surface area contributed by atoms with Gasteiger partial charge in [0.05, 0.1) is 0 Å². The second-order valence-corrected chi connectivity index (χ2v) is 4.87. The van der Waals surface area contributed by atoms with Gasteiger partial charge in [0.15, 0.2) is 0 Å². The van der Waals surface area contributed by atoms with Gasteiger partial charge in [-0.25, -0.2) is 0 Å². The number of hydrogen-bond donors (Lipinski definition) is 0. The van der Waals surface area contributed by atoms with Gasteiger partial charge in [-0.1, -0.05) is 33.1 Å². The van der Waals surface area contributed by atoms with Gasteiger partial charge >= 0.3 is 5.97 Å². The molecule has 3 heteroatoms. The summed E-state index contributed by atoms with van der Waals surface area (Å²) in [4.78, 5) is 22.2. The summed E-state index contributed by atoms with van der Waals surface area (Å²) in [6.07, 6.45) is 8.55. The maximum atomic E-state index is 11.2. The summed E-state index contributed by atoms with van der Waals surface area (Å²) >= 11 is 0. The number of Topliss-reactive ketones (excluding diaryl/α,β-unsaturated/α-hetero) is 1. The first-order valence-electron chi connectivity index (χ1n) is 7.29. The molecule has 0 N–H and O–H groups in total. The smallest absolute Gasteiger partial charge is 0.302 e. The largest absolute Gasteiger partial charge is 0.463 e. The molecule has 3 nitrogen and oxygen atoms in total. The van der Waals surface area contributed by atoms with Gasteiger partial charge in [0.2, 0.25) is 0 Å². The van der Waals surface area contributed by atoms with E-state index in [-0.39, 0.29) is 12.1 Å². The van der Waals surface area contributed by atoms with Crippen LogP contribution in [-0.4, -0.2) is 17.9 Å². The highest BCUT2D eigenvalue weighted by Crippen LogP contribution is 2.14. The zero-order valence-corrected chi connectivity index (χ0v) is 12.2. The van der Waals surface area contributed by atoms with Crippen molar-refractivity contribution in [3.63, 3.8) is 0 Å². The molecule has 0 aromatic heterocycles. The SMILES string of the molecule is CCCCCC[C@@H](CCCC(=O)CC)OC(C)=O. The van der Waals surface area contributed by atoms with E-state index in [4.69, 9.17) is 4.74 Å². The van der Waals surface area contributed by atoms with Crippen molar-refractivity contribution in [2.45, 2.75) is 84.7 Å². The van der Waals surface area contributed by atoms with Crippen LogP contribution in [0, 0.1) is 0 Å². The highest BCUT2D eigenvalue weighted by atomic mass is 16.5. The molecule has 0 saturated heterocycles. The minimum atomic E-state index is -0.211. The van der Waals surface area contributed by atoms with Crippen molar-refractivity contribution >= 4 is 11.8 Å². The Hall–Kier alpha value is -0.860. The van der Waals surface area contributed by atoms with Gasteiger partial charge in [0, 0.05) is 19.8 Å². The third-order valence-electron chi connectivity index (χ3n) is 3.09. The van der Waals surface area contributed by atoms with Crippen molar-refractivity contribution in [1.82, 2.24) is 0 Å². The van der Waals surface area contributed by atoms with Gasteiger partial charge < -0.3 is 4.74 Å². The lowest BCUT2D eigenvalue weighted by molar-refractivity contribution is -0.147. The van der Waals surface area contributed by atoms with Crippen LogP contribution in [0.5, 0.6) is 0 Å². The molecule has 1 atom stereocenters. The molecular formula is C15H28O3. The Balaban J connectivity index is 3.83. The van der Waals surface area contributed by atoms with E-state index in [9.17, 15) is 9.59 Å². The van der Waals surface area contributed by atoms with Crippen molar-refractivity contribution in [3.8, 4) is 0 Å². The lowest BCUT2D eigenvalue weighted by atomic mass is 10.0. The van der Waals surface area contributed by atoms with Gasteiger partial charge in [-0.05, 0) is 25.7 Å².